The summed E-state index contributed by atoms with van der Waals surface area (Å²) in [6.45, 7) is 3.95. The van der Waals surface area contributed by atoms with E-state index in [1.807, 2.05) is 0 Å². The molecule has 0 N–H and O–H groups in total. The molecule has 4 heteroatoms. The minimum atomic E-state index is -0.309. The second-order valence-corrected chi connectivity index (χ2v) is 4.59. The first kappa shape index (κ1) is 13.1. The number of hydrogen-bond donors (Lipinski definition) is 0. The molecule has 0 unspecified atom stereocenters. The van der Waals surface area contributed by atoms with E-state index in [2.05, 4.69) is 6.58 Å². The Labute approximate surface area is 122 Å². The number of nitrogens with zero attached hydrogens (tertiary/aromatic N) is 1. The van der Waals surface area contributed by atoms with Gasteiger partial charge in [0.05, 0.1) is 16.8 Å². The number of carbonyl (C=O) groups is 2. The number of amides is 2. The quantitative estimate of drug-likeness (QED) is 0.638. The van der Waals surface area contributed by atoms with Crippen molar-refractivity contribution >= 4 is 17.5 Å². The summed E-state index contributed by atoms with van der Waals surface area (Å²) in [5.41, 5.74) is 1.36. The number of hydrogen-bond acceptors (Lipinski definition) is 3. The number of benzene rings is 2. The third-order valence-corrected chi connectivity index (χ3v) is 3.24. The molecule has 0 spiro atoms. The summed E-state index contributed by atoms with van der Waals surface area (Å²) >= 11 is 0. The molecule has 1 heterocycles. The van der Waals surface area contributed by atoms with Gasteiger partial charge in [-0.25, -0.2) is 4.90 Å². The van der Waals surface area contributed by atoms with Crippen molar-refractivity contribution in [2.45, 2.75) is 0 Å². The van der Waals surface area contributed by atoms with Crippen LogP contribution in [0.3, 0.4) is 0 Å². The van der Waals surface area contributed by atoms with Crippen LogP contribution in [0.1, 0.15) is 20.7 Å². The largest absolute Gasteiger partial charge is 0.489 e. The maximum atomic E-state index is 12.4. The summed E-state index contributed by atoms with van der Waals surface area (Å²) in [5, 5.41) is 0. The molecule has 0 fully saturated rings. The second-order valence-electron chi connectivity index (χ2n) is 4.59. The van der Waals surface area contributed by atoms with Crippen LogP contribution in [0.2, 0.25) is 0 Å². The molecule has 0 radical (unpaired) electrons. The first-order chi connectivity index (χ1) is 10.2. The highest BCUT2D eigenvalue weighted by atomic mass is 16.5. The van der Waals surface area contributed by atoms with Gasteiger partial charge >= 0.3 is 0 Å². The number of anilines is 1. The zero-order valence-electron chi connectivity index (χ0n) is 11.3. The van der Waals surface area contributed by atoms with E-state index in [1.54, 1.807) is 54.6 Å². The van der Waals surface area contributed by atoms with E-state index in [0.717, 1.165) is 0 Å². The molecule has 0 saturated carbocycles. The summed E-state index contributed by atoms with van der Waals surface area (Å²) in [7, 11) is 0. The number of carbonyl (C=O) groups excluding carboxylic acids is 2. The Kier molecular flexibility index (Phi) is 3.28. The third kappa shape index (κ3) is 2.21. The molecule has 104 valence electrons. The van der Waals surface area contributed by atoms with E-state index in [1.165, 1.54) is 4.90 Å². The van der Waals surface area contributed by atoms with E-state index in [4.69, 9.17) is 4.74 Å². The smallest absolute Gasteiger partial charge is 0.266 e. The zero-order chi connectivity index (χ0) is 14.8. The SMILES string of the molecule is C=CCOc1cccc(N2C(=O)c3ccccc3C2=O)c1. The summed E-state index contributed by atoms with van der Waals surface area (Å²) in [4.78, 5) is 25.9. The molecule has 0 bridgehead atoms. The molecule has 1 aliphatic heterocycles. The molecule has 0 aliphatic carbocycles. The number of fused-ring (bicyclic) bond motifs is 1. The molecule has 0 atom stereocenters. The fraction of sp³-hybridized carbons (Fsp3) is 0.0588. The van der Waals surface area contributed by atoms with E-state index in [0.29, 0.717) is 29.2 Å². The van der Waals surface area contributed by atoms with Crippen LogP contribution in [0.25, 0.3) is 0 Å². The van der Waals surface area contributed by atoms with Crippen LogP contribution in [0.15, 0.2) is 61.2 Å². The monoisotopic (exact) mass is 279 g/mol. The van der Waals surface area contributed by atoms with Crippen molar-refractivity contribution in [2.24, 2.45) is 0 Å². The molecule has 4 nitrogen and oxygen atoms in total. The van der Waals surface area contributed by atoms with E-state index < -0.39 is 0 Å². The number of imide groups is 1. The summed E-state index contributed by atoms with van der Waals surface area (Å²) < 4.78 is 5.44. The molecule has 3 rings (SSSR count). The predicted molar refractivity (Wildman–Crippen MR) is 79.7 cm³/mol. The maximum Gasteiger partial charge on any atom is 0.266 e. The molecular weight excluding hydrogens is 266 g/mol. The Bertz CT molecular complexity index is 701. The lowest BCUT2D eigenvalue weighted by atomic mass is 10.1. The van der Waals surface area contributed by atoms with Gasteiger partial charge in [0, 0.05) is 6.07 Å². The van der Waals surface area contributed by atoms with E-state index in [-0.39, 0.29) is 11.8 Å². The highest BCUT2D eigenvalue weighted by Gasteiger charge is 2.36. The van der Waals surface area contributed by atoms with Crippen LogP contribution in [0.4, 0.5) is 5.69 Å². The van der Waals surface area contributed by atoms with Crippen LogP contribution in [0.5, 0.6) is 5.75 Å². The van der Waals surface area contributed by atoms with Crippen LogP contribution in [0, 0.1) is 0 Å². The third-order valence-electron chi connectivity index (χ3n) is 3.24. The Morgan fingerprint density at radius 2 is 1.67 bits per heavy atom. The standard InChI is InChI=1S/C17H13NO3/c1-2-10-21-13-7-5-6-12(11-13)18-16(19)14-8-3-4-9-15(14)17(18)20/h2-9,11H,1,10H2. The highest BCUT2D eigenvalue weighted by molar-refractivity contribution is 6.34. The van der Waals surface area contributed by atoms with E-state index in [9.17, 15) is 9.59 Å². The van der Waals surface area contributed by atoms with Gasteiger partial charge in [-0.1, -0.05) is 30.9 Å². The van der Waals surface area contributed by atoms with Gasteiger partial charge in [0.25, 0.3) is 11.8 Å². The van der Waals surface area contributed by atoms with Gasteiger partial charge in [-0.15, -0.1) is 0 Å². The first-order valence-electron chi connectivity index (χ1n) is 6.54. The van der Waals surface area contributed by atoms with Crippen molar-refractivity contribution in [1.82, 2.24) is 0 Å². The molecule has 2 aromatic carbocycles. The summed E-state index contributed by atoms with van der Waals surface area (Å²) in [6.07, 6.45) is 1.63. The van der Waals surface area contributed by atoms with Gasteiger partial charge in [0.1, 0.15) is 12.4 Å². The van der Waals surface area contributed by atoms with Gasteiger partial charge in [0.2, 0.25) is 0 Å². The van der Waals surface area contributed by atoms with E-state index >= 15 is 0 Å². The average molecular weight is 279 g/mol. The second kappa shape index (κ2) is 5.25. The van der Waals surface area contributed by atoms with Gasteiger partial charge in [0.15, 0.2) is 0 Å². The first-order valence-corrected chi connectivity index (χ1v) is 6.54. The fourth-order valence-electron chi connectivity index (χ4n) is 2.29. The topological polar surface area (TPSA) is 46.6 Å². The summed E-state index contributed by atoms with van der Waals surface area (Å²) in [5.74, 6) is -0.0307. The lowest BCUT2D eigenvalue weighted by Gasteiger charge is -2.15. The van der Waals surface area contributed by atoms with Gasteiger partial charge in [-0.3, -0.25) is 9.59 Å². The van der Waals surface area contributed by atoms with Gasteiger partial charge in [-0.2, -0.15) is 0 Å². The van der Waals surface area contributed by atoms with Crippen molar-refractivity contribution in [3.05, 3.63) is 72.3 Å². The van der Waals surface area contributed by atoms with Crippen molar-refractivity contribution in [3.8, 4) is 5.75 Å². The summed E-state index contributed by atoms with van der Waals surface area (Å²) in [6, 6.07) is 13.7. The normalized spacial score (nSPS) is 13.2. The van der Waals surface area contributed by atoms with Crippen molar-refractivity contribution in [1.29, 1.82) is 0 Å². The molecule has 21 heavy (non-hydrogen) atoms. The molecule has 2 aromatic rings. The zero-order valence-corrected chi connectivity index (χ0v) is 11.3. The minimum absolute atomic E-state index is 0.309. The van der Waals surface area contributed by atoms with Crippen molar-refractivity contribution in [2.75, 3.05) is 11.5 Å². The number of rotatable bonds is 4. The molecule has 2 amide bonds. The van der Waals surface area contributed by atoms with Crippen LogP contribution < -0.4 is 9.64 Å². The van der Waals surface area contributed by atoms with Gasteiger partial charge in [-0.05, 0) is 24.3 Å². The average Bonchev–Trinajstić information content (AvgIpc) is 2.78. The number of ether oxygens (including phenoxy) is 1. The molecular formula is C17H13NO3. The van der Waals surface area contributed by atoms with Crippen LogP contribution >= 0.6 is 0 Å². The molecule has 0 aromatic heterocycles. The fourth-order valence-corrected chi connectivity index (χ4v) is 2.29. The molecule has 1 aliphatic rings. The van der Waals surface area contributed by atoms with Crippen LogP contribution in [-0.2, 0) is 0 Å². The molecule has 0 saturated heterocycles. The Morgan fingerprint density at radius 1 is 1.00 bits per heavy atom. The lowest BCUT2D eigenvalue weighted by molar-refractivity contribution is 0.0926. The van der Waals surface area contributed by atoms with Gasteiger partial charge < -0.3 is 4.74 Å². The van der Waals surface area contributed by atoms with Crippen molar-refractivity contribution < 1.29 is 14.3 Å². The predicted octanol–water partition coefficient (Wildman–Crippen LogP) is 3.05. The van der Waals surface area contributed by atoms with Crippen LogP contribution in [-0.4, -0.2) is 18.4 Å². The Morgan fingerprint density at radius 3 is 2.29 bits per heavy atom. The Hall–Kier alpha value is -2.88. The minimum Gasteiger partial charge on any atom is -0.489 e. The Balaban J connectivity index is 1.97. The maximum absolute atomic E-state index is 12.4. The lowest BCUT2D eigenvalue weighted by Crippen LogP contribution is -2.29. The van der Waals surface area contributed by atoms with Crippen molar-refractivity contribution in [3.63, 3.8) is 0 Å². The highest BCUT2D eigenvalue weighted by Crippen LogP contribution is 2.30.